The number of sulfone groups is 1. The Hall–Kier alpha value is -2.92. The zero-order valence-electron chi connectivity index (χ0n) is 16.1. The summed E-state index contributed by atoms with van der Waals surface area (Å²) in [5, 5.41) is 4.52. The molecular formula is C19H17FN4O4S2. The smallest absolute Gasteiger partial charge is 0.259 e. The van der Waals surface area contributed by atoms with Gasteiger partial charge in [-0.05, 0) is 37.6 Å². The largest absolute Gasteiger partial charge is 0.309 e. The molecule has 2 aromatic heterocycles. The lowest BCUT2D eigenvalue weighted by Crippen LogP contribution is -2.27. The summed E-state index contributed by atoms with van der Waals surface area (Å²) in [5.41, 5.74) is 3.31. The molecule has 0 bridgehead atoms. The summed E-state index contributed by atoms with van der Waals surface area (Å²) in [5.74, 6) is -1.12. The standard InChI is InChI=1S/C19H17FN4O4S2/c1-9-10(2)29-19-17(9)18(26)21-15(22-19)8-16(25)24-23-13-5-6-30(27,28)14-4-3-11(20)7-12(13)14/h3-4,7H,5-6,8H2,1-2H3,(H,24,25)(H,21,22,26)/b23-13-. The van der Waals surface area contributed by atoms with Crippen LogP contribution >= 0.6 is 11.3 Å². The first-order valence-electron chi connectivity index (χ1n) is 9.02. The Bertz CT molecular complexity index is 1390. The molecule has 11 heteroatoms. The first-order valence-corrected chi connectivity index (χ1v) is 11.5. The molecule has 1 aliphatic rings. The van der Waals surface area contributed by atoms with Gasteiger partial charge in [-0.25, -0.2) is 23.2 Å². The molecule has 0 fully saturated rings. The van der Waals surface area contributed by atoms with E-state index in [0.29, 0.717) is 10.2 Å². The van der Waals surface area contributed by atoms with Gasteiger partial charge in [0.15, 0.2) is 9.84 Å². The van der Waals surface area contributed by atoms with E-state index in [2.05, 4.69) is 20.5 Å². The summed E-state index contributed by atoms with van der Waals surface area (Å²) in [6.45, 7) is 3.74. The van der Waals surface area contributed by atoms with E-state index in [4.69, 9.17) is 0 Å². The van der Waals surface area contributed by atoms with Crippen LogP contribution in [0, 0.1) is 19.7 Å². The van der Waals surface area contributed by atoms with Crippen LogP contribution in [0.15, 0.2) is 33.0 Å². The molecule has 3 heterocycles. The summed E-state index contributed by atoms with van der Waals surface area (Å²) in [7, 11) is -3.51. The summed E-state index contributed by atoms with van der Waals surface area (Å²) < 4.78 is 38.0. The first kappa shape index (κ1) is 20.4. The van der Waals surface area contributed by atoms with Crippen molar-refractivity contribution in [2.24, 2.45) is 5.10 Å². The summed E-state index contributed by atoms with van der Waals surface area (Å²) in [6.07, 6.45) is -0.167. The lowest BCUT2D eigenvalue weighted by atomic mass is 10.1. The monoisotopic (exact) mass is 448 g/mol. The molecular weight excluding hydrogens is 431 g/mol. The number of thiophene rings is 1. The number of aromatic amines is 1. The van der Waals surface area contributed by atoms with Gasteiger partial charge in [-0.3, -0.25) is 9.59 Å². The van der Waals surface area contributed by atoms with E-state index in [9.17, 15) is 22.4 Å². The topological polar surface area (TPSA) is 121 Å². The fraction of sp³-hybridized carbons (Fsp3) is 0.263. The van der Waals surface area contributed by atoms with Gasteiger partial charge in [-0.1, -0.05) is 0 Å². The average molecular weight is 449 g/mol. The van der Waals surface area contributed by atoms with Gasteiger partial charge in [-0.2, -0.15) is 5.10 Å². The Balaban J connectivity index is 1.57. The molecule has 0 saturated heterocycles. The van der Waals surface area contributed by atoms with Crippen molar-refractivity contribution in [2.75, 3.05) is 5.75 Å². The fourth-order valence-electron chi connectivity index (χ4n) is 3.30. The molecule has 4 rings (SSSR count). The van der Waals surface area contributed by atoms with Crippen LogP contribution in [-0.2, 0) is 21.1 Å². The number of amides is 1. The van der Waals surface area contributed by atoms with Crippen LogP contribution < -0.4 is 11.0 Å². The molecule has 156 valence electrons. The normalized spacial score (nSPS) is 16.6. The molecule has 0 saturated carbocycles. The van der Waals surface area contributed by atoms with Crippen LogP contribution in [0.1, 0.15) is 28.2 Å². The summed E-state index contributed by atoms with van der Waals surface area (Å²) in [4.78, 5) is 33.1. The highest BCUT2D eigenvalue weighted by atomic mass is 32.2. The number of hydrogen-bond donors (Lipinski definition) is 2. The Morgan fingerprint density at radius 3 is 2.90 bits per heavy atom. The number of fused-ring (bicyclic) bond motifs is 2. The number of halogens is 1. The molecule has 3 aromatic rings. The van der Waals surface area contributed by atoms with Crippen molar-refractivity contribution in [3.05, 3.63) is 56.2 Å². The molecule has 1 amide bonds. The minimum Gasteiger partial charge on any atom is -0.309 e. The second-order valence-corrected chi connectivity index (χ2v) is 10.2. The van der Waals surface area contributed by atoms with E-state index >= 15 is 0 Å². The zero-order chi connectivity index (χ0) is 21.6. The average Bonchev–Trinajstić information content (AvgIpc) is 2.95. The van der Waals surface area contributed by atoms with Crippen LogP contribution in [0.4, 0.5) is 4.39 Å². The number of rotatable bonds is 3. The van der Waals surface area contributed by atoms with Crippen LogP contribution in [0.3, 0.4) is 0 Å². The van der Waals surface area contributed by atoms with Gasteiger partial charge in [0.25, 0.3) is 5.56 Å². The number of aromatic nitrogens is 2. The van der Waals surface area contributed by atoms with E-state index < -0.39 is 21.6 Å². The number of nitrogens with one attached hydrogen (secondary N) is 2. The predicted molar refractivity (Wildman–Crippen MR) is 111 cm³/mol. The molecule has 1 aliphatic heterocycles. The van der Waals surface area contributed by atoms with Crippen LogP contribution in [-0.4, -0.2) is 35.8 Å². The quantitative estimate of drug-likeness (QED) is 0.469. The van der Waals surface area contributed by atoms with E-state index in [-0.39, 0.29) is 46.1 Å². The molecule has 2 N–H and O–H groups in total. The lowest BCUT2D eigenvalue weighted by molar-refractivity contribution is -0.120. The van der Waals surface area contributed by atoms with E-state index in [0.717, 1.165) is 22.6 Å². The number of H-pyrrole nitrogens is 1. The van der Waals surface area contributed by atoms with Crippen molar-refractivity contribution in [1.82, 2.24) is 15.4 Å². The maximum absolute atomic E-state index is 13.6. The van der Waals surface area contributed by atoms with Crippen LogP contribution in [0.2, 0.25) is 0 Å². The minimum atomic E-state index is -3.51. The van der Waals surface area contributed by atoms with Gasteiger partial charge in [0.2, 0.25) is 5.91 Å². The van der Waals surface area contributed by atoms with Gasteiger partial charge in [-0.15, -0.1) is 11.3 Å². The predicted octanol–water partition coefficient (Wildman–Crippen LogP) is 1.98. The van der Waals surface area contributed by atoms with Crippen molar-refractivity contribution >= 4 is 43.0 Å². The van der Waals surface area contributed by atoms with Gasteiger partial charge < -0.3 is 4.98 Å². The van der Waals surface area contributed by atoms with Crippen molar-refractivity contribution in [2.45, 2.75) is 31.6 Å². The fourth-order valence-corrected chi connectivity index (χ4v) is 5.81. The van der Waals surface area contributed by atoms with Gasteiger partial charge in [0, 0.05) is 16.9 Å². The summed E-state index contributed by atoms with van der Waals surface area (Å²) >= 11 is 1.38. The number of carbonyl (C=O) groups is 1. The third-order valence-electron chi connectivity index (χ3n) is 4.93. The zero-order valence-corrected chi connectivity index (χ0v) is 17.7. The van der Waals surface area contributed by atoms with Crippen molar-refractivity contribution in [1.29, 1.82) is 0 Å². The van der Waals surface area contributed by atoms with Crippen molar-refractivity contribution in [3.8, 4) is 0 Å². The van der Waals surface area contributed by atoms with Crippen molar-refractivity contribution < 1.29 is 17.6 Å². The van der Waals surface area contributed by atoms with E-state index in [1.807, 2.05) is 13.8 Å². The van der Waals surface area contributed by atoms with Gasteiger partial charge in [0.1, 0.15) is 16.5 Å². The Kier molecular flexibility index (Phi) is 5.02. The van der Waals surface area contributed by atoms with Gasteiger partial charge in [0.05, 0.1) is 28.2 Å². The molecule has 0 atom stereocenters. The third-order valence-corrected chi connectivity index (χ3v) is 7.80. The maximum Gasteiger partial charge on any atom is 0.259 e. The SMILES string of the molecule is Cc1sc2nc(CC(=O)N/N=C3/CCS(=O)(=O)c4ccc(F)cc43)[nH]c(=O)c2c1C. The Labute approximate surface area is 174 Å². The number of aryl methyl sites for hydroxylation is 2. The number of hydrogen-bond acceptors (Lipinski definition) is 7. The number of benzene rings is 1. The molecule has 1 aromatic carbocycles. The van der Waals surface area contributed by atoms with Crippen molar-refractivity contribution in [3.63, 3.8) is 0 Å². The second kappa shape index (κ2) is 7.40. The highest BCUT2D eigenvalue weighted by molar-refractivity contribution is 7.91. The number of carbonyl (C=O) groups excluding carboxylic acids is 1. The third kappa shape index (κ3) is 3.65. The highest BCUT2D eigenvalue weighted by Crippen LogP contribution is 2.27. The second-order valence-electron chi connectivity index (χ2n) is 6.96. The number of nitrogens with zero attached hydrogens (tertiary/aromatic N) is 2. The highest BCUT2D eigenvalue weighted by Gasteiger charge is 2.28. The molecule has 0 unspecified atom stereocenters. The molecule has 0 radical (unpaired) electrons. The minimum absolute atomic E-state index is 0.0111. The molecule has 30 heavy (non-hydrogen) atoms. The van der Waals surface area contributed by atoms with E-state index in [1.165, 1.54) is 17.4 Å². The summed E-state index contributed by atoms with van der Waals surface area (Å²) in [6, 6.07) is 3.36. The molecule has 0 spiro atoms. The van der Waals surface area contributed by atoms with Crippen LogP contribution in [0.25, 0.3) is 10.2 Å². The number of hydrazone groups is 1. The molecule has 8 nitrogen and oxygen atoms in total. The maximum atomic E-state index is 13.6. The van der Waals surface area contributed by atoms with E-state index in [1.54, 1.807) is 0 Å². The molecule has 0 aliphatic carbocycles. The lowest BCUT2D eigenvalue weighted by Gasteiger charge is -2.18. The Morgan fingerprint density at radius 2 is 2.13 bits per heavy atom. The Morgan fingerprint density at radius 1 is 1.37 bits per heavy atom. The first-order chi connectivity index (χ1) is 14.2. The van der Waals surface area contributed by atoms with Gasteiger partial charge >= 0.3 is 0 Å². The van der Waals surface area contributed by atoms with Crippen LogP contribution in [0.5, 0.6) is 0 Å².